The molecule has 1 saturated heterocycles. The van der Waals surface area contributed by atoms with Crippen LogP contribution in [0, 0.1) is 18.8 Å². The largest absolute Gasteiger partial charge is 0.356 e. The SMILES string of the molecule is CCC(CNC(=O)C1CCCN(Cc2nc(-c3cccc(C)c3)no2)C1)Cc1ccccc1. The highest BCUT2D eigenvalue weighted by Crippen LogP contribution is 2.21. The molecule has 174 valence electrons. The molecule has 1 fully saturated rings. The van der Waals surface area contributed by atoms with Crippen LogP contribution in [0.15, 0.2) is 59.1 Å². The van der Waals surface area contributed by atoms with Crippen LogP contribution in [0.1, 0.15) is 43.2 Å². The smallest absolute Gasteiger partial charge is 0.241 e. The second kappa shape index (κ2) is 11.2. The molecule has 1 aromatic heterocycles. The molecule has 6 heteroatoms. The van der Waals surface area contributed by atoms with Gasteiger partial charge in [-0.05, 0) is 50.3 Å². The Bertz CT molecular complexity index is 1030. The summed E-state index contributed by atoms with van der Waals surface area (Å²) < 4.78 is 5.50. The van der Waals surface area contributed by atoms with Gasteiger partial charge in [0.15, 0.2) is 0 Å². The highest BCUT2D eigenvalue weighted by molar-refractivity contribution is 5.79. The van der Waals surface area contributed by atoms with E-state index < -0.39 is 0 Å². The van der Waals surface area contributed by atoms with Crippen molar-refractivity contribution >= 4 is 5.91 Å². The van der Waals surface area contributed by atoms with Gasteiger partial charge in [-0.2, -0.15) is 4.98 Å². The van der Waals surface area contributed by atoms with Crippen LogP contribution in [-0.2, 0) is 17.8 Å². The number of carbonyl (C=O) groups excluding carboxylic acids is 1. The first kappa shape index (κ1) is 23.2. The van der Waals surface area contributed by atoms with E-state index in [1.165, 1.54) is 5.56 Å². The monoisotopic (exact) mass is 446 g/mol. The summed E-state index contributed by atoms with van der Waals surface area (Å²) in [5, 5.41) is 7.37. The zero-order valence-corrected chi connectivity index (χ0v) is 19.7. The Morgan fingerprint density at radius 1 is 1.21 bits per heavy atom. The number of nitrogens with one attached hydrogen (secondary N) is 1. The molecule has 1 N–H and O–H groups in total. The standard InChI is InChI=1S/C27H34N4O2/c1-3-21(16-22-10-5-4-6-11-22)17-28-27(32)24-13-8-14-31(18-24)19-25-29-26(30-33-25)23-12-7-9-20(2)15-23/h4-7,9-12,15,21,24H,3,8,13-14,16-19H2,1-2H3,(H,28,32). The van der Waals surface area contributed by atoms with Gasteiger partial charge in [0.05, 0.1) is 12.5 Å². The zero-order chi connectivity index (χ0) is 23.0. The van der Waals surface area contributed by atoms with Gasteiger partial charge < -0.3 is 9.84 Å². The lowest BCUT2D eigenvalue weighted by Crippen LogP contribution is -2.43. The average molecular weight is 447 g/mol. The molecule has 0 bridgehead atoms. The number of aryl methyl sites for hydroxylation is 1. The Morgan fingerprint density at radius 3 is 2.85 bits per heavy atom. The van der Waals surface area contributed by atoms with Gasteiger partial charge in [-0.15, -0.1) is 0 Å². The van der Waals surface area contributed by atoms with Crippen molar-refractivity contribution in [1.29, 1.82) is 0 Å². The van der Waals surface area contributed by atoms with Gasteiger partial charge in [-0.1, -0.05) is 72.6 Å². The van der Waals surface area contributed by atoms with E-state index in [-0.39, 0.29) is 11.8 Å². The van der Waals surface area contributed by atoms with Crippen molar-refractivity contribution in [1.82, 2.24) is 20.4 Å². The third-order valence-electron chi connectivity index (χ3n) is 6.49. The molecule has 2 aromatic carbocycles. The van der Waals surface area contributed by atoms with Crippen molar-refractivity contribution in [2.24, 2.45) is 11.8 Å². The molecule has 2 atom stereocenters. The Labute approximate surface area is 196 Å². The topological polar surface area (TPSA) is 71.3 Å². The third kappa shape index (κ3) is 6.51. The summed E-state index contributed by atoms with van der Waals surface area (Å²) >= 11 is 0. The van der Waals surface area contributed by atoms with Gasteiger partial charge >= 0.3 is 0 Å². The summed E-state index contributed by atoms with van der Waals surface area (Å²) in [5.74, 6) is 1.84. The summed E-state index contributed by atoms with van der Waals surface area (Å²) in [6.07, 6.45) is 3.97. The Balaban J connectivity index is 1.28. The van der Waals surface area contributed by atoms with E-state index in [2.05, 4.69) is 57.6 Å². The number of hydrogen-bond acceptors (Lipinski definition) is 5. The van der Waals surface area contributed by atoms with Crippen LogP contribution in [0.4, 0.5) is 0 Å². The number of piperidine rings is 1. The number of aromatic nitrogens is 2. The van der Waals surface area contributed by atoms with Gasteiger partial charge in [-0.3, -0.25) is 9.69 Å². The molecular formula is C27H34N4O2. The highest BCUT2D eigenvalue weighted by Gasteiger charge is 2.27. The van der Waals surface area contributed by atoms with Crippen LogP contribution in [0.5, 0.6) is 0 Å². The lowest BCUT2D eigenvalue weighted by molar-refractivity contribution is -0.127. The van der Waals surface area contributed by atoms with Crippen molar-refractivity contribution < 1.29 is 9.32 Å². The normalized spacial score (nSPS) is 17.6. The number of amides is 1. The fourth-order valence-electron chi connectivity index (χ4n) is 4.52. The molecule has 0 saturated carbocycles. The first-order chi connectivity index (χ1) is 16.1. The first-order valence-electron chi connectivity index (χ1n) is 12.0. The fourth-order valence-corrected chi connectivity index (χ4v) is 4.52. The second-order valence-corrected chi connectivity index (χ2v) is 9.16. The van der Waals surface area contributed by atoms with E-state index in [1.54, 1.807) is 0 Å². The van der Waals surface area contributed by atoms with Gasteiger partial charge in [-0.25, -0.2) is 0 Å². The number of nitrogens with zero attached hydrogens (tertiary/aromatic N) is 3. The van der Waals surface area contributed by atoms with E-state index in [1.807, 2.05) is 31.2 Å². The van der Waals surface area contributed by atoms with Crippen LogP contribution in [0.2, 0.25) is 0 Å². The predicted octanol–water partition coefficient (Wildman–Crippen LogP) is 4.64. The van der Waals surface area contributed by atoms with E-state index in [0.29, 0.717) is 24.2 Å². The van der Waals surface area contributed by atoms with Crippen LogP contribution < -0.4 is 5.32 Å². The van der Waals surface area contributed by atoms with Crippen molar-refractivity contribution in [2.75, 3.05) is 19.6 Å². The Kier molecular flexibility index (Phi) is 7.89. The summed E-state index contributed by atoms with van der Waals surface area (Å²) in [6.45, 7) is 7.21. The van der Waals surface area contributed by atoms with Crippen LogP contribution in [-0.4, -0.2) is 40.6 Å². The molecule has 0 aliphatic carbocycles. The minimum atomic E-state index is 0.00662. The molecule has 3 aromatic rings. The molecule has 6 nitrogen and oxygen atoms in total. The minimum absolute atomic E-state index is 0.00662. The van der Waals surface area contributed by atoms with Crippen molar-refractivity contribution in [2.45, 2.75) is 46.1 Å². The maximum absolute atomic E-state index is 12.9. The number of benzene rings is 2. The molecule has 2 unspecified atom stereocenters. The molecule has 2 heterocycles. The van der Waals surface area contributed by atoms with Crippen LogP contribution >= 0.6 is 0 Å². The zero-order valence-electron chi connectivity index (χ0n) is 19.7. The number of likely N-dealkylation sites (tertiary alicyclic amines) is 1. The van der Waals surface area contributed by atoms with Crippen LogP contribution in [0.25, 0.3) is 11.4 Å². The predicted molar refractivity (Wildman–Crippen MR) is 129 cm³/mol. The second-order valence-electron chi connectivity index (χ2n) is 9.16. The molecule has 1 aliphatic heterocycles. The molecule has 33 heavy (non-hydrogen) atoms. The van der Waals surface area contributed by atoms with E-state index >= 15 is 0 Å². The highest BCUT2D eigenvalue weighted by atomic mass is 16.5. The maximum Gasteiger partial charge on any atom is 0.241 e. The number of hydrogen-bond donors (Lipinski definition) is 1. The average Bonchev–Trinajstić information content (AvgIpc) is 3.31. The lowest BCUT2D eigenvalue weighted by Gasteiger charge is -2.31. The summed E-state index contributed by atoms with van der Waals surface area (Å²) in [4.78, 5) is 19.7. The molecule has 4 rings (SSSR count). The van der Waals surface area contributed by atoms with Gasteiger partial charge in [0.25, 0.3) is 0 Å². The summed E-state index contributed by atoms with van der Waals surface area (Å²) in [7, 11) is 0. The Morgan fingerprint density at radius 2 is 2.06 bits per heavy atom. The minimum Gasteiger partial charge on any atom is -0.356 e. The summed E-state index contributed by atoms with van der Waals surface area (Å²) in [5.41, 5.74) is 3.45. The molecule has 1 amide bonds. The maximum atomic E-state index is 12.9. The number of carbonyl (C=O) groups is 1. The van der Waals surface area contributed by atoms with E-state index in [4.69, 9.17) is 4.52 Å². The van der Waals surface area contributed by atoms with E-state index in [9.17, 15) is 4.79 Å². The third-order valence-corrected chi connectivity index (χ3v) is 6.49. The number of rotatable bonds is 9. The van der Waals surface area contributed by atoms with Crippen molar-refractivity contribution in [3.05, 3.63) is 71.6 Å². The van der Waals surface area contributed by atoms with Crippen molar-refractivity contribution in [3.8, 4) is 11.4 Å². The van der Waals surface area contributed by atoms with Crippen molar-refractivity contribution in [3.63, 3.8) is 0 Å². The Hall–Kier alpha value is -2.99. The van der Waals surface area contributed by atoms with Gasteiger partial charge in [0, 0.05) is 18.7 Å². The van der Waals surface area contributed by atoms with Gasteiger partial charge in [0.1, 0.15) is 0 Å². The molecule has 1 aliphatic rings. The van der Waals surface area contributed by atoms with Crippen LogP contribution in [0.3, 0.4) is 0 Å². The van der Waals surface area contributed by atoms with Gasteiger partial charge in [0.2, 0.25) is 17.6 Å². The fraction of sp³-hybridized carbons (Fsp3) is 0.444. The quantitative estimate of drug-likeness (QED) is 0.518. The first-order valence-corrected chi connectivity index (χ1v) is 12.0. The molecule has 0 radical (unpaired) electrons. The lowest BCUT2D eigenvalue weighted by atomic mass is 9.95. The van der Waals surface area contributed by atoms with E-state index in [0.717, 1.165) is 56.4 Å². The molecular weight excluding hydrogens is 412 g/mol. The molecule has 0 spiro atoms. The summed E-state index contributed by atoms with van der Waals surface area (Å²) in [6, 6.07) is 18.6.